The van der Waals surface area contributed by atoms with Crippen molar-refractivity contribution in [3.63, 3.8) is 0 Å². The number of hydrogen-bond acceptors (Lipinski definition) is 4. The van der Waals surface area contributed by atoms with E-state index >= 15 is 0 Å². The lowest BCUT2D eigenvalue weighted by molar-refractivity contribution is 0.101. The van der Waals surface area contributed by atoms with Crippen LogP contribution in [0.5, 0.6) is 0 Å². The summed E-state index contributed by atoms with van der Waals surface area (Å²) in [6, 6.07) is 9.41. The predicted molar refractivity (Wildman–Crippen MR) is 73.0 cm³/mol. The van der Waals surface area contributed by atoms with Crippen molar-refractivity contribution in [2.45, 2.75) is 19.9 Å². The van der Waals surface area contributed by atoms with Gasteiger partial charge in [-0.1, -0.05) is 30.3 Å². The van der Waals surface area contributed by atoms with Crippen molar-refractivity contribution in [2.24, 2.45) is 0 Å². The van der Waals surface area contributed by atoms with Gasteiger partial charge in [0.05, 0.1) is 0 Å². The topological polar surface area (TPSA) is 67.2 Å². The Labute approximate surface area is 112 Å². The Hall–Kier alpha value is -2.14. The number of para-hydroxylation sites is 1. The molecule has 0 fully saturated rings. The Morgan fingerprint density at radius 3 is 2.84 bits per heavy atom. The Morgan fingerprint density at radius 2 is 2.16 bits per heavy atom. The van der Waals surface area contributed by atoms with Crippen LogP contribution in [0.3, 0.4) is 0 Å². The highest BCUT2D eigenvalue weighted by Gasteiger charge is 2.14. The summed E-state index contributed by atoms with van der Waals surface area (Å²) in [7, 11) is 0. The highest BCUT2D eigenvalue weighted by molar-refractivity contribution is 6.03. The number of carbonyl (C=O) groups excluding carboxylic acids is 1. The van der Waals surface area contributed by atoms with Gasteiger partial charge in [-0.3, -0.25) is 4.79 Å². The van der Waals surface area contributed by atoms with Crippen LogP contribution >= 0.6 is 0 Å². The molecule has 0 aliphatic heterocycles. The quantitative estimate of drug-likeness (QED) is 0.866. The molecule has 2 aromatic rings. The minimum Gasteiger partial charge on any atom is -0.364 e. The average Bonchev–Trinajstić information content (AvgIpc) is 2.93. The molecule has 0 aliphatic carbocycles. The molecule has 19 heavy (non-hydrogen) atoms. The maximum atomic E-state index is 12.0. The van der Waals surface area contributed by atoms with E-state index in [1.54, 1.807) is 0 Å². The molecule has 0 bridgehead atoms. The number of anilines is 1. The summed E-state index contributed by atoms with van der Waals surface area (Å²) in [5.41, 5.74) is 2.09. The molecule has 1 unspecified atom stereocenters. The molecule has 0 spiro atoms. The predicted octanol–water partition coefficient (Wildman–Crippen LogP) is 2.60. The number of rotatable bonds is 5. The first kappa shape index (κ1) is 13.3. The van der Waals surface area contributed by atoms with Crippen molar-refractivity contribution < 1.29 is 9.32 Å². The number of nitrogens with zero attached hydrogens (tertiary/aromatic N) is 1. The summed E-state index contributed by atoms with van der Waals surface area (Å²) in [6.45, 7) is 4.98. The normalized spacial score (nSPS) is 12.1. The number of amides is 1. The smallest absolute Gasteiger partial charge is 0.277 e. The molecule has 1 aromatic carbocycles. The number of carbonyl (C=O) groups is 1. The Kier molecular flexibility index (Phi) is 4.30. The summed E-state index contributed by atoms with van der Waals surface area (Å²) in [6.07, 6.45) is 1.38. The van der Waals surface area contributed by atoms with Crippen LogP contribution in [0.4, 0.5) is 5.69 Å². The van der Waals surface area contributed by atoms with E-state index in [0.29, 0.717) is 0 Å². The monoisotopic (exact) mass is 259 g/mol. The first-order valence-electron chi connectivity index (χ1n) is 6.26. The molecule has 0 saturated carbocycles. The minimum absolute atomic E-state index is 0.166. The van der Waals surface area contributed by atoms with Crippen LogP contribution in [0.1, 0.15) is 35.9 Å². The molecule has 0 aliphatic rings. The van der Waals surface area contributed by atoms with E-state index in [1.165, 1.54) is 12.3 Å². The fourth-order valence-electron chi connectivity index (χ4n) is 1.92. The molecule has 5 heteroatoms. The van der Waals surface area contributed by atoms with Crippen molar-refractivity contribution in [3.05, 3.63) is 47.9 Å². The van der Waals surface area contributed by atoms with E-state index in [-0.39, 0.29) is 17.6 Å². The van der Waals surface area contributed by atoms with Crippen LogP contribution in [-0.2, 0) is 0 Å². The van der Waals surface area contributed by atoms with Crippen LogP contribution in [0.2, 0.25) is 0 Å². The number of benzene rings is 1. The van der Waals surface area contributed by atoms with E-state index in [2.05, 4.69) is 27.2 Å². The Morgan fingerprint density at radius 1 is 1.37 bits per heavy atom. The van der Waals surface area contributed by atoms with Gasteiger partial charge in [0.1, 0.15) is 6.26 Å². The third-order valence-electron chi connectivity index (χ3n) is 2.86. The maximum absolute atomic E-state index is 12.0. The largest absolute Gasteiger partial charge is 0.364 e. The lowest BCUT2D eigenvalue weighted by Gasteiger charge is -2.17. The SMILES string of the molecule is CCNC(C)c1ccccc1NC(=O)c1ccon1. The highest BCUT2D eigenvalue weighted by Crippen LogP contribution is 2.22. The molecule has 1 heterocycles. The zero-order chi connectivity index (χ0) is 13.7. The number of nitrogens with one attached hydrogen (secondary N) is 2. The molecule has 100 valence electrons. The van der Waals surface area contributed by atoms with Gasteiger partial charge in [-0.25, -0.2) is 0 Å². The lowest BCUT2D eigenvalue weighted by atomic mass is 10.1. The summed E-state index contributed by atoms with van der Waals surface area (Å²) < 4.78 is 4.67. The molecule has 1 amide bonds. The van der Waals surface area contributed by atoms with Gasteiger partial charge in [0.2, 0.25) is 0 Å². The van der Waals surface area contributed by atoms with Crippen LogP contribution in [0.25, 0.3) is 0 Å². The summed E-state index contributed by atoms with van der Waals surface area (Å²) in [4.78, 5) is 12.0. The summed E-state index contributed by atoms with van der Waals surface area (Å²) in [5, 5.41) is 9.80. The minimum atomic E-state index is -0.273. The zero-order valence-electron chi connectivity index (χ0n) is 11.0. The van der Waals surface area contributed by atoms with Crippen LogP contribution < -0.4 is 10.6 Å². The standard InChI is InChI=1S/C14H17N3O2/c1-3-15-10(2)11-6-4-5-7-12(11)16-14(18)13-8-9-19-17-13/h4-10,15H,3H2,1-2H3,(H,16,18). The van der Waals surface area contributed by atoms with E-state index < -0.39 is 0 Å². The van der Waals surface area contributed by atoms with E-state index in [1.807, 2.05) is 31.2 Å². The van der Waals surface area contributed by atoms with Crippen LogP contribution in [0.15, 0.2) is 41.1 Å². The molecule has 1 aromatic heterocycles. The molecule has 2 N–H and O–H groups in total. The van der Waals surface area contributed by atoms with E-state index in [0.717, 1.165) is 17.8 Å². The Balaban J connectivity index is 2.18. The van der Waals surface area contributed by atoms with Crippen LogP contribution in [0, 0.1) is 0 Å². The second kappa shape index (κ2) is 6.15. The first-order chi connectivity index (χ1) is 9.22. The summed E-state index contributed by atoms with van der Waals surface area (Å²) in [5.74, 6) is -0.273. The van der Waals surface area contributed by atoms with Gasteiger partial charge in [0, 0.05) is 17.8 Å². The third-order valence-corrected chi connectivity index (χ3v) is 2.86. The Bertz CT molecular complexity index is 537. The molecule has 0 radical (unpaired) electrons. The molecular weight excluding hydrogens is 242 g/mol. The second-order valence-electron chi connectivity index (χ2n) is 4.21. The van der Waals surface area contributed by atoms with E-state index in [4.69, 9.17) is 0 Å². The van der Waals surface area contributed by atoms with Gasteiger partial charge in [-0.15, -0.1) is 0 Å². The zero-order valence-corrected chi connectivity index (χ0v) is 11.0. The summed E-state index contributed by atoms with van der Waals surface area (Å²) >= 11 is 0. The van der Waals surface area contributed by atoms with Crippen molar-refractivity contribution in [1.82, 2.24) is 10.5 Å². The fraction of sp³-hybridized carbons (Fsp3) is 0.286. The molecule has 2 rings (SSSR count). The van der Waals surface area contributed by atoms with Gasteiger partial charge in [-0.05, 0) is 25.1 Å². The van der Waals surface area contributed by atoms with Gasteiger partial charge in [0.25, 0.3) is 5.91 Å². The lowest BCUT2D eigenvalue weighted by Crippen LogP contribution is -2.20. The number of aromatic nitrogens is 1. The molecule has 5 nitrogen and oxygen atoms in total. The van der Waals surface area contributed by atoms with Crippen molar-refractivity contribution in [1.29, 1.82) is 0 Å². The average molecular weight is 259 g/mol. The molecule has 1 atom stereocenters. The van der Waals surface area contributed by atoms with Gasteiger partial charge in [0.15, 0.2) is 5.69 Å². The number of hydrogen-bond donors (Lipinski definition) is 2. The van der Waals surface area contributed by atoms with Gasteiger partial charge in [-0.2, -0.15) is 0 Å². The van der Waals surface area contributed by atoms with Crippen molar-refractivity contribution in [3.8, 4) is 0 Å². The third kappa shape index (κ3) is 3.20. The molecule has 0 saturated heterocycles. The van der Waals surface area contributed by atoms with Crippen LogP contribution in [-0.4, -0.2) is 17.6 Å². The maximum Gasteiger partial charge on any atom is 0.277 e. The van der Waals surface area contributed by atoms with E-state index in [9.17, 15) is 4.79 Å². The first-order valence-corrected chi connectivity index (χ1v) is 6.26. The van der Waals surface area contributed by atoms with Crippen molar-refractivity contribution in [2.75, 3.05) is 11.9 Å². The van der Waals surface area contributed by atoms with Gasteiger partial charge >= 0.3 is 0 Å². The van der Waals surface area contributed by atoms with Gasteiger partial charge < -0.3 is 15.2 Å². The molecular formula is C14H17N3O2. The van der Waals surface area contributed by atoms with Crippen molar-refractivity contribution >= 4 is 11.6 Å². The fourth-order valence-corrected chi connectivity index (χ4v) is 1.92. The highest BCUT2D eigenvalue weighted by atomic mass is 16.5. The second-order valence-corrected chi connectivity index (χ2v) is 4.21.